The zero-order valence-electron chi connectivity index (χ0n) is 9.84. The average Bonchev–Trinajstić information content (AvgIpc) is 2.20. The van der Waals surface area contributed by atoms with Crippen molar-refractivity contribution in [2.24, 2.45) is 11.3 Å². The molecule has 0 saturated heterocycles. The summed E-state index contributed by atoms with van der Waals surface area (Å²) in [4.78, 5) is 11.9. The molecule has 0 atom stereocenters. The summed E-state index contributed by atoms with van der Waals surface area (Å²) in [5.41, 5.74) is -0.720. The molecule has 0 bridgehead atoms. The fourth-order valence-corrected chi connectivity index (χ4v) is 2.27. The first-order chi connectivity index (χ1) is 7.07. The molecule has 0 aromatic heterocycles. The lowest BCUT2D eigenvalue weighted by Crippen LogP contribution is -2.50. The lowest BCUT2D eigenvalue weighted by atomic mass is 9.63. The highest BCUT2D eigenvalue weighted by Crippen LogP contribution is 2.45. The van der Waals surface area contributed by atoms with Crippen molar-refractivity contribution in [2.45, 2.75) is 52.5 Å². The second-order valence-corrected chi connectivity index (χ2v) is 4.69. The predicted octanol–water partition coefficient (Wildman–Crippen LogP) is 2.23. The Morgan fingerprint density at radius 2 is 2.07 bits per heavy atom. The van der Waals surface area contributed by atoms with E-state index in [1.807, 2.05) is 0 Å². The van der Waals surface area contributed by atoms with E-state index in [2.05, 4.69) is 32.2 Å². The molecule has 0 unspecified atom stereocenters. The molecule has 0 spiro atoms. The van der Waals surface area contributed by atoms with Crippen LogP contribution < -0.4 is 5.32 Å². The van der Waals surface area contributed by atoms with Crippen molar-refractivity contribution in [2.75, 3.05) is 0 Å². The van der Waals surface area contributed by atoms with Gasteiger partial charge in [0.15, 0.2) is 0 Å². The van der Waals surface area contributed by atoms with Crippen molar-refractivity contribution < 1.29 is 4.79 Å². The van der Waals surface area contributed by atoms with Gasteiger partial charge in [0.1, 0.15) is 5.41 Å². The van der Waals surface area contributed by atoms with Crippen LogP contribution in [0.1, 0.15) is 46.5 Å². The van der Waals surface area contributed by atoms with Gasteiger partial charge in [-0.1, -0.05) is 20.8 Å². The summed E-state index contributed by atoms with van der Waals surface area (Å²) in [6.07, 6.45) is 3.30. The van der Waals surface area contributed by atoms with Gasteiger partial charge < -0.3 is 5.32 Å². The van der Waals surface area contributed by atoms with Crippen LogP contribution in [0.3, 0.4) is 0 Å². The Morgan fingerprint density at radius 1 is 1.53 bits per heavy atom. The van der Waals surface area contributed by atoms with Crippen LogP contribution in [0.25, 0.3) is 0 Å². The number of hydrogen-bond acceptors (Lipinski definition) is 2. The summed E-state index contributed by atoms with van der Waals surface area (Å²) in [7, 11) is 0. The van der Waals surface area contributed by atoms with Crippen LogP contribution in [-0.2, 0) is 4.79 Å². The molecule has 1 saturated carbocycles. The van der Waals surface area contributed by atoms with Gasteiger partial charge in [-0.3, -0.25) is 4.79 Å². The largest absolute Gasteiger partial charge is 0.352 e. The van der Waals surface area contributed by atoms with Gasteiger partial charge in [-0.05, 0) is 31.6 Å². The number of nitriles is 1. The van der Waals surface area contributed by atoms with Gasteiger partial charge >= 0.3 is 0 Å². The zero-order valence-corrected chi connectivity index (χ0v) is 9.84. The number of carbonyl (C=O) groups excluding carboxylic acids is 1. The first kappa shape index (κ1) is 12.0. The molecule has 0 aromatic carbocycles. The topological polar surface area (TPSA) is 52.9 Å². The summed E-state index contributed by atoms with van der Waals surface area (Å²) in [6.45, 7) is 6.19. The molecule has 0 aliphatic heterocycles. The molecule has 15 heavy (non-hydrogen) atoms. The van der Waals surface area contributed by atoms with E-state index in [-0.39, 0.29) is 11.9 Å². The molecular weight excluding hydrogens is 188 g/mol. The summed E-state index contributed by atoms with van der Waals surface area (Å²) in [5.74, 6) is 0.453. The quantitative estimate of drug-likeness (QED) is 0.770. The number of nitrogens with one attached hydrogen (secondary N) is 1. The second kappa shape index (κ2) is 4.65. The Bertz CT molecular complexity index is 270. The van der Waals surface area contributed by atoms with Crippen molar-refractivity contribution in [3.63, 3.8) is 0 Å². The van der Waals surface area contributed by atoms with Crippen molar-refractivity contribution in [1.29, 1.82) is 5.26 Å². The molecule has 3 heteroatoms. The van der Waals surface area contributed by atoms with Gasteiger partial charge in [0.05, 0.1) is 6.07 Å². The van der Waals surface area contributed by atoms with Crippen LogP contribution in [0.2, 0.25) is 0 Å². The number of hydrogen-bond donors (Lipinski definition) is 1. The van der Waals surface area contributed by atoms with Crippen LogP contribution in [-0.4, -0.2) is 11.9 Å². The number of nitrogens with zero attached hydrogens (tertiary/aromatic N) is 1. The Hall–Kier alpha value is -1.04. The molecule has 1 amide bonds. The van der Waals surface area contributed by atoms with Crippen LogP contribution in [0, 0.1) is 22.7 Å². The third-order valence-electron chi connectivity index (χ3n) is 3.36. The Labute approximate surface area is 91.9 Å². The maximum Gasteiger partial charge on any atom is 0.240 e. The van der Waals surface area contributed by atoms with Gasteiger partial charge in [0, 0.05) is 6.04 Å². The van der Waals surface area contributed by atoms with E-state index in [0.717, 1.165) is 25.7 Å². The van der Waals surface area contributed by atoms with Gasteiger partial charge in [0.2, 0.25) is 5.91 Å². The summed E-state index contributed by atoms with van der Waals surface area (Å²) < 4.78 is 0. The smallest absolute Gasteiger partial charge is 0.240 e. The standard InChI is InChI=1S/C12H20N2O/c1-4-10(5-2)14-11(15)12(8-13)6-9(3)7-12/h9-10H,4-7H2,1-3H3,(H,14,15). The Morgan fingerprint density at radius 3 is 2.40 bits per heavy atom. The van der Waals surface area contributed by atoms with Gasteiger partial charge in [-0.2, -0.15) is 5.26 Å². The summed E-state index contributed by atoms with van der Waals surface area (Å²) in [5, 5.41) is 12.0. The lowest BCUT2D eigenvalue weighted by Gasteiger charge is -2.40. The van der Waals surface area contributed by atoms with E-state index in [0.29, 0.717) is 5.92 Å². The van der Waals surface area contributed by atoms with Crippen molar-refractivity contribution >= 4 is 5.91 Å². The van der Waals surface area contributed by atoms with Crippen molar-refractivity contribution in [1.82, 2.24) is 5.32 Å². The van der Waals surface area contributed by atoms with Gasteiger partial charge in [-0.15, -0.1) is 0 Å². The normalized spacial score (nSPS) is 29.4. The van der Waals surface area contributed by atoms with E-state index in [1.165, 1.54) is 0 Å². The third-order valence-corrected chi connectivity index (χ3v) is 3.36. The van der Waals surface area contributed by atoms with E-state index < -0.39 is 5.41 Å². The molecule has 1 fully saturated rings. The van der Waals surface area contributed by atoms with Crippen LogP contribution in [0.15, 0.2) is 0 Å². The van der Waals surface area contributed by atoms with Crippen LogP contribution in [0.4, 0.5) is 0 Å². The van der Waals surface area contributed by atoms with E-state index in [1.54, 1.807) is 0 Å². The van der Waals surface area contributed by atoms with Crippen LogP contribution >= 0.6 is 0 Å². The summed E-state index contributed by atoms with van der Waals surface area (Å²) >= 11 is 0. The maximum absolute atomic E-state index is 11.9. The Balaban J connectivity index is 2.57. The highest BCUT2D eigenvalue weighted by molar-refractivity contribution is 5.86. The number of amides is 1. The van der Waals surface area contributed by atoms with Gasteiger partial charge in [-0.25, -0.2) is 0 Å². The maximum atomic E-state index is 11.9. The van der Waals surface area contributed by atoms with E-state index in [4.69, 9.17) is 5.26 Å². The van der Waals surface area contributed by atoms with Crippen molar-refractivity contribution in [3.8, 4) is 6.07 Å². The first-order valence-corrected chi connectivity index (χ1v) is 5.80. The molecule has 1 N–H and O–H groups in total. The minimum Gasteiger partial charge on any atom is -0.352 e. The van der Waals surface area contributed by atoms with Crippen molar-refractivity contribution in [3.05, 3.63) is 0 Å². The molecule has 0 aromatic rings. The second-order valence-electron chi connectivity index (χ2n) is 4.69. The minimum absolute atomic E-state index is 0.0585. The molecule has 0 heterocycles. The minimum atomic E-state index is -0.720. The zero-order chi connectivity index (χ0) is 11.5. The molecule has 1 aliphatic rings. The fraction of sp³-hybridized carbons (Fsp3) is 0.833. The lowest BCUT2D eigenvalue weighted by molar-refractivity contribution is -0.134. The molecular formula is C12H20N2O. The fourth-order valence-electron chi connectivity index (χ4n) is 2.27. The monoisotopic (exact) mass is 208 g/mol. The highest BCUT2D eigenvalue weighted by atomic mass is 16.2. The predicted molar refractivity (Wildman–Crippen MR) is 59.0 cm³/mol. The third kappa shape index (κ3) is 2.31. The molecule has 1 rings (SSSR count). The first-order valence-electron chi connectivity index (χ1n) is 5.80. The van der Waals surface area contributed by atoms with Crippen LogP contribution in [0.5, 0.6) is 0 Å². The molecule has 3 nitrogen and oxygen atoms in total. The van der Waals surface area contributed by atoms with Gasteiger partial charge in [0.25, 0.3) is 0 Å². The number of carbonyl (C=O) groups is 1. The Kier molecular flexibility index (Phi) is 3.73. The summed E-state index contributed by atoms with van der Waals surface area (Å²) in [6, 6.07) is 2.41. The number of rotatable bonds is 4. The molecule has 84 valence electrons. The highest BCUT2D eigenvalue weighted by Gasteiger charge is 2.49. The molecule has 0 radical (unpaired) electrons. The van der Waals surface area contributed by atoms with E-state index in [9.17, 15) is 4.79 Å². The average molecular weight is 208 g/mol. The van der Waals surface area contributed by atoms with E-state index >= 15 is 0 Å². The molecule has 1 aliphatic carbocycles. The SMILES string of the molecule is CCC(CC)NC(=O)C1(C#N)CC(C)C1.